The Bertz CT molecular complexity index is 1880. The van der Waals surface area contributed by atoms with E-state index in [1.54, 1.807) is 30.3 Å². The van der Waals surface area contributed by atoms with E-state index in [0.29, 0.717) is 27.3 Å². The van der Waals surface area contributed by atoms with Crippen LogP contribution >= 0.6 is 0 Å². The van der Waals surface area contributed by atoms with Crippen LogP contribution in [0.2, 0.25) is 0 Å². The number of carboxylic acid groups (broad SMARTS) is 2. The fourth-order valence-corrected chi connectivity index (χ4v) is 9.92. The van der Waals surface area contributed by atoms with Crippen molar-refractivity contribution in [2.24, 2.45) is 52.8 Å². The highest BCUT2D eigenvalue weighted by Gasteiger charge is 2.80. The fraction of sp³-hybridized carbons (Fsp3) is 0.353. The second kappa shape index (κ2) is 8.09. The maximum atomic E-state index is 14.4. The van der Waals surface area contributed by atoms with Gasteiger partial charge in [0.2, 0.25) is 0 Å². The molecular formula is C34H28O8. The van der Waals surface area contributed by atoms with Crippen molar-refractivity contribution in [1.29, 1.82) is 0 Å². The molecule has 5 aliphatic rings. The SMILES string of the molecule is CC1=CC2C3C(=O)Oc4c5ccccc5c(c5cc(C)ccc45)OC(=O)C4C(C(=O)O)C5C(C)=CC4C25C1C3C(=O)O. The third kappa shape index (κ3) is 2.78. The first-order valence-electron chi connectivity index (χ1n) is 14.3. The van der Waals surface area contributed by atoms with Crippen LogP contribution in [-0.4, -0.2) is 34.1 Å². The van der Waals surface area contributed by atoms with Crippen molar-refractivity contribution in [2.75, 3.05) is 0 Å². The number of hydrogen-bond donors (Lipinski definition) is 2. The van der Waals surface area contributed by atoms with Crippen LogP contribution in [0.4, 0.5) is 0 Å². The van der Waals surface area contributed by atoms with Crippen LogP contribution in [0.15, 0.2) is 65.8 Å². The van der Waals surface area contributed by atoms with Gasteiger partial charge in [-0.15, -0.1) is 0 Å². The number of hydrogen-bond acceptors (Lipinski definition) is 6. The van der Waals surface area contributed by atoms with Gasteiger partial charge >= 0.3 is 23.9 Å². The minimum atomic E-state index is -1.13. The highest BCUT2D eigenvalue weighted by molar-refractivity contribution is 6.13. The van der Waals surface area contributed by atoms with Crippen LogP contribution in [0.3, 0.4) is 0 Å². The third-order valence-electron chi connectivity index (χ3n) is 11.0. The summed E-state index contributed by atoms with van der Waals surface area (Å²) in [7, 11) is 0. The number of aryl methyl sites for hydroxylation is 1. The summed E-state index contributed by atoms with van der Waals surface area (Å²) in [5.41, 5.74) is 1.57. The van der Waals surface area contributed by atoms with Gasteiger partial charge in [0.25, 0.3) is 0 Å². The molecule has 2 N–H and O–H groups in total. The maximum absolute atomic E-state index is 14.4. The molecule has 212 valence electrons. The molecule has 9 atom stereocenters. The van der Waals surface area contributed by atoms with Gasteiger partial charge in [-0.1, -0.05) is 65.3 Å². The zero-order chi connectivity index (χ0) is 29.4. The molecule has 1 spiro atoms. The van der Waals surface area contributed by atoms with Crippen molar-refractivity contribution in [3.8, 4) is 11.5 Å². The summed E-state index contributed by atoms with van der Waals surface area (Å²) in [6.07, 6.45) is 3.88. The zero-order valence-electron chi connectivity index (χ0n) is 23.2. The Kier molecular flexibility index (Phi) is 4.87. The summed E-state index contributed by atoms with van der Waals surface area (Å²) in [6, 6.07) is 12.6. The first kappa shape index (κ1) is 25.3. The van der Waals surface area contributed by atoms with E-state index in [4.69, 9.17) is 9.47 Å². The summed E-state index contributed by atoms with van der Waals surface area (Å²) >= 11 is 0. The number of carbonyl (C=O) groups is 4. The standard InChI is InChI=1S/C34H28O8/c1-13-8-9-18-19(10-13)29-17-7-5-4-6-16(17)28(18)41-32(39)22-20-11-14(2)26(24(22)30(35)36)34(20)21-12-15(3)27(34)25(31(37)38)23(21)33(40)42-29/h4-12,20-27H,1-3H3,(H,35,36)(H,37,38). The number of rotatable bonds is 2. The summed E-state index contributed by atoms with van der Waals surface area (Å²) in [4.78, 5) is 54.7. The maximum Gasteiger partial charge on any atom is 0.315 e. The molecule has 8 nitrogen and oxygen atoms in total. The van der Waals surface area contributed by atoms with Gasteiger partial charge in [-0.25, -0.2) is 0 Å². The lowest BCUT2D eigenvalue weighted by molar-refractivity contribution is -0.152. The Labute approximate surface area is 240 Å². The number of carboxylic acids is 2. The molecule has 1 heterocycles. The van der Waals surface area contributed by atoms with E-state index < -0.39 is 76.6 Å². The molecule has 3 aromatic carbocycles. The van der Waals surface area contributed by atoms with Gasteiger partial charge in [-0.2, -0.15) is 0 Å². The fourth-order valence-electron chi connectivity index (χ4n) is 9.92. The number of ether oxygens (including phenoxy) is 2. The molecular weight excluding hydrogens is 536 g/mol. The number of carbonyl (C=O) groups excluding carboxylic acids is 2. The monoisotopic (exact) mass is 564 g/mol. The molecule has 9 bridgehead atoms. The summed E-state index contributed by atoms with van der Waals surface area (Å²) in [6.45, 7) is 5.60. The van der Waals surface area contributed by atoms with Crippen LogP contribution in [-0.2, 0) is 19.2 Å². The highest BCUT2D eigenvalue weighted by atomic mass is 16.5. The predicted molar refractivity (Wildman–Crippen MR) is 151 cm³/mol. The lowest BCUT2D eigenvalue weighted by Gasteiger charge is -2.38. The first-order valence-corrected chi connectivity index (χ1v) is 14.3. The van der Waals surface area contributed by atoms with E-state index >= 15 is 0 Å². The Balaban J connectivity index is 1.48. The summed E-state index contributed by atoms with van der Waals surface area (Å²) in [5.74, 6) is -9.80. The Morgan fingerprint density at radius 2 is 1.14 bits per heavy atom. The molecule has 8 rings (SSSR count). The van der Waals surface area contributed by atoms with Crippen molar-refractivity contribution >= 4 is 45.4 Å². The third-order valence-corrected chi connectivity index (χ3v) is 11.0. The normalized spacial score (nSPS) is 35.8. The summed E-state index contributed by atoms with van der Waals surface area (Å²) < 4.78 is 12.5. The van der Waals surface area contributed by atoms with Crippen LogP contribution in [0.1, 0.15) is 19.4 Å². The molecule has 4 aliphatic carbocycles. The van der Waals surface area contributed by atoms with Crippen molar-refractivity contribution in [1.82, 2.24) is 0 Å². The Morgan fingerprint density at radius 3 is 1.62 bits per heavy atom. The summed E-state index contributed by atoms with van der Waals surface area (Å²) in [5, 5.41) is 23.4. The van der Waals surface area contributed by atoms with Crippen molar-refractivity contribution in [3.05, 3.63) is 71.3 Å². The van der Waals surface area contributed by atoms with Gasteiger partial charge < -0.3 is 19.7 Å². The quantitative estimate of drug-likeness (QED) is 0.189. The molecule has 8 heteroatoms. The Morgan fingerprint density at radius 1 is 0.690 bits per heavy atom. The largest absolute Gasteiger partial charge is 0.481 e. The highest BCUT2D eigenvalue weighted by Crippen LogP contribution is 2.78. The van der Waals surface area contributed by atoms with Crippen molar-refractivity contribution < 1.29 is 38.9 Å². The van der Waals surface area contributed by atoms with Crippen LogP contribution < -0.4 is 9.47 Å². The average Bonchev–Trinajstić information content (AvgIpc) is 3.61. The van der Waals surface area contributed by atoms with Gasteiger partial charge in [-0.3, -0.25) is 19.2 Å². The van der Waals surface area contributed by atoms with Crippen molar-refractivity contribution in [2.45, 2.75) is 20.8 Å². The topological polar surface area (TPSA) is 127 Å². The smallest absolute Gasteiger partial charge is 0.315 e. The predicted octanol–water partition coefficient (Wildman–Crippen LogP) is 5.16. The zero-order valence-corrected chi connectivity index (χ0v) is 23.2. The van der Waals surface area contributed by atoms with E-state index in [9.17, 15) is 29.4 Å². The van der Waals surface area contributed by atoms with Crippen LogP contribution in [0.25, 0.3) is 21.5 Å². The van der Waals surface area contributed by atoms with Crippen molar-refractivity contribution in [3.63, 3.8) is 0 Å². The molecule has 0 amide bonds. The van der Waals surface area contributed by atoms with E-state index in [0.717, 1.165) is 16.7 Å². The molecule has 9 unspecified atom stereocenters. The van der Waals surface area contributed by atoms with E-state index in [-0.39, 0.29) is 5.75 Å². The number of fused-ring (bicyclic) bond motifs is 3. The van der Waals surface area contributed by atoms with Gasteiger partial charge in [0.15, 0.2) is 0 Å². The molecule has 0 radical (unpaired) electrons. The van der Waals surface area contributed by atoms with Gasteiger partial charge in [-0.05, 0) is 44.1 Å². The molecule has 2 saturated carbocycles. The number of benzene rings is 3. The first-order chi connectivity index (χ1) is 20.1. The average molecular weight is 565 g/mol. The molecule has 42 heavy (non-hydrogen) atoms. The minimum Gasteiger partial charge on any atom is -0.481 e. The van der Waals surface area contributed by atoms with Gasteiger partial charge in [0, 0.05) is 33.4 Å². The minimum absolute atomic E-state index is 0.289. The number of aliphatic carboxylic acids is 2. The van der Waals surface area contributed by atoms with E-state index in [1.807, 2.05) is 45.1 Å². The van der Waals surface area contributed by atoms with Gasteiger partial charge in [0.1, 0.15) is 11.5 Å². The lowest BCUT2D eigenvalue weighted by Crippen LogP contribution is -2.39. The van der Waals surface area contributed by atoms with Crippen LogP contribution in [0.5, 0.6) is 11.5 Å². The molecule has 0 saturated heterocycles. The molecule has 3 aromatic rings. The van der Waals surface area contributed by atoms with Crippen LogP contribution in [0, 0.1) is 59.7 Å². The second-order valence-corrected chi connectivity index (χ2v) is 12.7. The molecule has 1 aliphatic heterocycles. The second-order valence-electron chi connectivity index (χ2n) is 12.7. The Hall–Kier alpha value is -4.46. The number of esters is 2. The molecule has 2 fully saturated rings. The molecule has 0 aromatic heterocycles. The van der Waals surface area contributed by atoms with E-state index in [2.05, 4.69) is 0 Å². The van der Waals surface area contributed by atoms with E-state index in [1.165, 1.54) is 0 Å². The number of allylic oxidation sites excluding steroid dienone is 4. The van der Waals surface area contributed by atoms with Gasteiger partial charge in [0.05, 0.1) is 23.7 Å². The lowest BCUT2D eigenvalue weighted by atomic mass is 9.63.